The molecule has 0 radical (unpaired) electrons. The average molecular weight is 312 g/mol. The van der Waals surface area contributed by atoms with Gasteiger partial charge >= 0.3 is 0 Å². The van der Waals surface area contributed by atoms with Gasteiger partial charge in [0.15, 0.2) is 5.13 Å². The maximum Gasteiger partial charge on any atom is 0.185 e. The SMILES string of the molecule is CCCNCc1sc(N(CC)CC(CC)CC)nc1CC. The van der Waals surface area contributed by atoms with E-state index >= 15 is 0 Å². The highest BCUT2D eigenvalue weighted by Crippen LogP contribution is 2.28. The highest BCUT2D eigenvalue weighted by atomic mass is 32.1. The summed E-state index contributed by atoms with van der Waals surface area (Å²) in [6, 6.07) is 0. The predicted molar refractivity (Wildman–Crippen MR) is 95.4 cm³/mol. The molecule has 0 spiro atoms. The van der Waals surface area contributed by atoms with Crippen LogP contribution in [0.2, 0.25) is 0 Å². The summed E-state index contributed by atoms with van der Waals surface area (Å²) in [7, 11) is 0. The zero-order chi connectivity index (χ0) is 15.7. The van der Waals surface area contributed by atoms with Crippen LogP contribution in [0.1, 0.15) is 64.5 Å². The summed E-state index contributed by atoms with van der Waals surface area (Å²) < 4.78 is 0. The minimum absolute atomic E-state index is 0.778. The number of aryl methyl sites for hydroxylation is 1. The summed E-state index contributed by atoms with van der Waals surface area (Å²) in [5, 5.41) is 4.73. The molecule has 1 aromatic heterocycles. The molecule has 0 amide bonds. The zero-order valence-corrected chi connectivity index (χ0v) is 15.4. The molecule has 3 nitrogen and oxygen atoms in total. The van der Waals surface area contributed by atoms with Gasteiger partial charge in [0.25, 0.3) is 0 Å². The molecule has 0 aliphatic carbocycles. The predicted octanol–water partition coefficient (Wildman–Crippen LogP) is 4.47. The quantitative estimate of drug-likeness (QED) is 0.611. The Labute approximate surface area is 135 Å². The number of nitrogens with zero attached hydrogens (tertiary/aromatic N) is 2. The van der Waals surface area contributed by atoms with Crippen molar-refractivity contribution >= 4 is 16.5 Å². The lowest BCUT2D eigenvalue weighted by atomic mass is 10.0. The molecule has 0 saturated carbocycles. The summed E-state index contributed by atoms with van der Waals surface area (Å²) in [5.41, 5.74) is 1.28. The Morgan fingerprint density at radius 3 is 2.38 bits per heavy atom. The molecule has 1 rings (SSSR count). The van der Waals surface area contributed by atoms with Crippen molar-refractivity contribution in [1.29, 1.82) is 0 Å². The van der Waals surface area contributed by atoms with Crippen LogP contribution in [0.4, 0.5) is 5.13 Å². The van der Waals surface area contributed by atoms with Crippen molar-refractivity contribution in [3.8, 4) is 0 Å². The van der Waals surface area contributed by atoms with Crippen LogP contribution in [0.15, 0.2) is 0 Å². The second kappa shape index (κ2) is 10.2. The van der Waals surface area contributed by atoms with Crippen molar-refractivity contribution in [2.45, 2.75) is 66.8 Å². The Morgan fingerprint density at radius 2 is 1.86 bits per heavy atom. The van der Waals surface area contributed by atoms with Crippen molar-refractivity contribution in [3.05, 3.63) is 10.6 Å². The number of thiazole rings is 1. The van der Waals surface area contributed by atoms with Crippen molar-refractivity contribution in [2.24, 2.45) is 5.92 Å². The lowest BCUT2D eigenvalue weighted by Gasteiger charge is -2.24. The second-order valence-electron chi connectivity index (χ2n) is 5.62. The van der Waals surface area contributed by atoms with E-state index in [0.717, 1.165) is 38.5 Å². The standard InChI is InChI=1S/C17H33N3S/c1-6-11-18-12-16-15(9-4)19-17(21-16)20(10-5)13-14(7-2)8-3/h14,18H,6-13H2,1-5H3. The lowest BCUT2D eigenvalue weighted by Crippen LogP contribution is -2.28. The van der Waals surface area contributed by atoms with E-state index in [4.69, 9.17) is 4.98 Å². The van der Waals surface area contributed by atoms with Gasteiger partial charge in [-0.1, -0.05) is 40.5 Å². The van der Waals surface area contributed by atoms with E-state index in [1.54, 1.807) is 0 Å². The number of aromatic nitrogens is 1. The van der Waals surface area contributed by atoms with Gasteiger partial charge in [-0.3, -0.25) is 0 Å². The molecule has 4 heteroatoms. The molecule has 21 heavy (non-hydrogen) atoms. The van der Waals surface area contributed by atoms with Crippen LogP contribution >= 0.6 is 11.3 Å². The molecule has 0 aliphatic rings. The van der Waals surface area contributed by atoms with Crippen molar-refractivity contribution < 1.29 is 0 Å². The molecular formula is C17H33N3S. The molecule has 122 valence electrons. The van der Waals surface area contributed by atoms with E-state index in [0.29, 0.717) is 0 Å². The molecule has 0 fully saturated rings. The maximum atomic E-state index is 4.90. The van der Waals surface area contributed by atoms with Crippen LogP contribution in [0.25, 0.3) is 0 Å². The van der Waals surface area contributed by atoms with Gasteiger partial charge in [0.05, 0.1) is 5.69 Å². The van der Waals surface area contributed by atoms with Crippen LogP contribution in [0.5, 0.6) is 0 Å². The van der Waals surface area contributed by atoms with E-state index in [2.05, 4.69) is 44.8 Å². The second-order valence-corrected chi connectivity index (χ2v) is 6.68. The maximum absolute atomic E-state index is 4.90. The van der Waals surface area contributed by atoms with Crippen molar-refractivity contribution in [1.82, 2.24) is 10.3 Å². The summed E-state index contributed by atoms with van der Waals surface area (Å²) in [4.78, 5) is 8.79. The first-order valence-corrected chi connectivity index (χ1v) is 9.45. The first-order chi connectivity index (χ1) is 10.2. The topological polar surface area (TPSA) is 28.2 Å². The summed E-state index contributed by atoms with van der Waals surface area (Å²) >= 11 is 1.88. The minimum Gasteiger partial charge on any atom is -0.348 e. The number of nitrogens with one attached hydrogen (secondary N) is 1. The molecule has 0 atom stereocenters. The van der Waals surface area contributed by atoms with Crippen LogP contribution in [-0.2, 0) is 13.0 Å². The molecule has 0 unspecified atom stereocenters. The summed E-state index contributed by atoms with van der Waals surface area (Å²) in [6.45, 7) is 15.5. The molecule has 0 bridgehead atoms. The highest BCUT2D eigenvalue weighted by molar-refractivity contribution is 7.15. The third kappa shape index (κ3) is 5.59. The monoisotopic (exact) mass is 311 g/mol. The molecule has 0 saturated heterocycles. The Morgan fingerprint density at radius 1 is 1.14 bits per heavy atom. The van der Waals surface area contributed by atoms with Gasteiger partial charge in [-0.2, -0.15) is 0 Å². The smallest absolute Gasteiger partial charge is 0.185 e. The fraction of sp³-hybridized carbons (Fsp3) is 0.824. The van der Waals surface area contributed by atoms with Gasteiger partial charge in [0, 0.05) is 24.5 Å². The Bertz CT molecular complexity index is 385. The zero-order valence-electron chi connectivity index (χ0n) is 14.5. The van der Waals surface area contributed by atoms with Crippen LogP contribution < -0.4 is 10.2 Å². The van der Waals surface area contributed by atoms with Gasteiger partial charge in [-0.05, 0) is 32.2 Å². The summed E-state index contributed by atoms with van der Waals surface area (Å²) in [6.07, 6.45) is 4.72. The third-order valence-corrected chi connectivity index (χ3v) is 5.26. The molecule has 1 aromatic rings. The lowest BCUT2D eigenvalue weighted by molar-refractivity contribution is 0.485. The average Bonchev–Trinajstić information content (AvgIpc) is 2.92. The molecule has 0 aliphatic heterocycles. The van der Waals surface area contributed by atoms with E-state index in [-0.39, 0.29) is 0 Å². The third-order valence-electron chi connectivity index (χ3n) is 4.10. The van der Waals surface area contributed by atoms with E-state index in [9.17, 15) is 0 Å². The number of hydrogen-bond donors (Lipinski definition) is 1. The summed E-state index contributed by atoms with van der Waals surface area (Å²) in [5.74, 6) is 0.778. The first-order valence-electron chi connectivity index (χ1n) is 8.64. The largest absolute Gasteiger partial charge is 0.348 e. The minimum atomic E-state index is 0.778. The molecule has 1 heterocycles. The highest BCUT2D eigenvalue weighted by Gasteiger charge is 2.16. The Hall–Kier alpha value is -0.610. The Kier molecular flexibility index (Phi) is 8.93. The normalized spacial score (nSPS) is 11.3. The molecule has 1 N–H and O–H groups in total. The first kappa shape index (κ1) is 18.4. The van der Waals surface area contributed by atoms with Crippen LogP contribution in [-0.4, -0.2) is 24.6 Å². The number of hydrogen-bond acceptors (Lipinski definition) is 4. The van der Waals surface area contributed by atoms with Crippen molar-refractivity contribution in [2.75, 3.05) is 24.5 Å². The fourth-order valence-electron chi connectivity index (χ4n) is 2.50. The van der Waals surface area contributed by atoms with E-state index in [1.165, 1.54) is 35.0 Å². The van der Waals surface area contributed by atoms with Gasteiger partial charge in [-0.25, -0.2) is 4.98 Å². The van der Waals surface area contributed by atoms with Crippen LogP contribution in [0.3, 0.4) is 0 Å². The fourth-order valence-corrected chi connectivity index (χ4v) is 3.69. The molecule has 0 aromatic carbocycles. The number of rotatable bonds is 11. The Balaban J connectivity index is 2.79. The van der Waals surface area contributed by atoms with E-state index < -0.39 is 0 Å². The number of anilines is 1. The van der Waals surface area contributed by atoms with Gasteiger partial charge in [-0.15, -0.1) is 11.3 Å². The molecular weight excluding hydrogens is 278 g/mol. The van der Waals surface area contributed by atoms with Crippen LogP contribution in [0, 0.1) is 5.92 Å². The van der Waals surface area contributed by atoms with Gasteiger partial charge in [0.2, 0.25) is 0 Å². The van der Waals surface area contributed by atoms with Gasteiger partial charge in [0.1, 0.15) is 0 Å². The van der Waals surface area contributed by atoms with E-state index in [1.807, 2.05) is 11.3 Å². The van der Waals surface area contributed by atoms with Crippen molar-refractivity contribution in [3.63, 3.8) is 0 Å². The van der Waals surface area contributed by atoms with Gasteiger partial charge < -0.3 is 10.2 Å².